The largest absolute Gasteiger partial charge is 0.478 e. The molecule has 2 rings (SSSR count). The van der Waals surface area contributed by atoms with Gasteiger partial charge in [0.1, 0.15) is 0 Å². The average molecular weight is 343 g/mol. The van der Waals surface area contributed by atoms with Crippen LogP contribution in [-0.4, -0.2) is 15.6 Å². The number of hydrogen-bond donors (Lipinski definition) is 1. The molecular formula is C14H13BrClNO2. The number of benzene rings is 1. The van der Waals surface area contributed by atoms with Gasteiger partial charge in [-0.2, -0.15) is 0 Å². The summed E-state index contributed by atoms with van der Waals surface area (Å²) in [5.41, 5.74) is 3.67. The smallest absolute Gasteiger partial charge is 0.337 e. The number of halogens is 2. The molecule has 0 aliphatic carbocycles. The molecule has 0 unspecified atom stereocenters. The molecule has 0 radical (unpaired) electrons. The van der Waals surface area contributed by atoms with E-state index in [1.54, 1.807) is 13.0 Å². The predicted octanol–water partition coefficient (Wildman–Crippen LogP) is 4.52. The van der Waals surface area contributed by atoms with Crippen molar-refractivity contribution in [3.8, 4) is 5.69 Å². The summed E-state index contributed by atoms with van der Waals surface area (Å²) in [4.78, 5) is 11.2. The molecule has 19 heavy (non-hydrogen) atoms. The second kappa shape index (κ2) is 5.02. The fraction of sp³-hybridized carbons (Fsp3) is 0.214. The molecular weight excluding hydrogens is 330 g/mol. The van der Waals surface area contributed by atoms with Crippen LogP contribution in [0.3, 0.4) is 0 Å². The van der Waals surface area contributed by atoms with E-state index in [2.05, 4.69) is 15.9 Å². The second-order valence-corrected chi connectivity index (χ2v) is 5.74. The summed E-state index contributed by atoms with van der Waals surface area (Å²) in [5, 5.41) is 9.82. The highest BCUT2D eigenvalue weighted by Crippen LogP contribution is 2.31. The number of aromatic nitrogens is 1. The molecule has 5 heteroatoms. The Hall–Kier alpha value is -1.26. The molecule has 0 fully saturated rings. The first-order valence-corrected chi connectivity index (χ1v) is 6.88. The fourth-order valence-corrected chi connectivity index (χ4v) is 2.95. The zero-order valence-corrected chi connectivity index (χ0v) is 13.1. The Kier molecular flexibility index (Phi) is 3.74. The number of aryl methyl sites for hydroxylation is 2. The Bertz CT molecular complexity index is 677. The van der Waals surface area contributed by atoms with E-state index >= 15 is 0 Å². The zero-order valence-electron chi connectivity index (χ0n) is 10.8. The summed E-state index contributed by atoms with van der Waals surface area (Å²) in [7, 11) is 0. The van der Waals surface area contributed by atoms with Gasteiger partial charge < -0.3 is 9.67 Å². The molecule has 0 aliphatic heterocycles. The van der Waals surface area contributed by atoms with Crippen molar-refractivity contribution in [1.29, 1.82) is 0 Å². The Morgan fingerprint density at radius 1 is 1.26 bits per heavy atom. The summed E-state index contributed by atoms with van der Waals surface area (Å²) in [6.45, 7) is 5.59. The molecule has 3 nitrogen and oxygen atoms in total. The van der Waals surface area contributed by atoms with Crippen LogP contribution in [0.4, 0.5) is 0 Å². The molecule has 0 bridgehead atoms. The number of rotatable bonds is 2. The van der Waals surface area contributed by atoms with Gasteiger partial charge in [-0.25, -0.2) is 4.79 Å². The van der Waals surface area contributed by atoms with Crippen LogP contribution < -0.4 is 0 Å². The predicted molar refractivity (Wildman–Crippen MR) is 79.6 cm³/mol. The highest BCUT2D eigenvalue weighted by Gasteiger charge is 2.17. The Morgan fingerprint density at radius 3 is 2.42 bits per heavy atom. The quantitative estimate of drug-likeness (QED) is 0.872. The van der Waals surface area contributed by atoms with Crippen LogP contribution in [-0.2, 0) is 0 Å². The molecule has 0 saturated heterocycles. The van der Waals surface area contributed by atoms with Crippen molar-refractivity contribution in [3.05, 3.63) is 50.2 Å². The maximum atomic E-state index is 11.2. The van der Waals surface area contributed by atoms with E-state index in [0.29, 0.717) is 16.3 Å². The van der Waals surface area contributed by atoms with Crippen molar-refractivity contribution in [2.45, 2.75) is 20.8 Å². The first kappa shape index (κ1) is 14.2. The molecule has 1 heterocycles. The van der Waals surface area contributed by atoms with Crippen LogP contribution in [0.15, 0.2) is 22.7 Å². The van der Waals surface area contributed by atoms with Gasteiger partial charge in [-0.1, -0.05) is 11.6 Å². The van der Waals surface area contributed by atoms with Gasteiger partial charge in [-0.05, 0) is 60.5 Å². The lowest BCUT2D eigenvalue weighted by Crippen LogP contribution is -2.03. The lowest BCUT2D eigenvalue weighted by molar-refractivity contribution is 0.0696. The SMILES string of the molecule is Cc1cc(Br)c(-n2c(C)cc(C(=O)O)c2C)cc1Cl. The Morgan fingerprint density at radius 2 is 1.89 bits per heavy atom. The summed E-state index contributed by atoms with van der Waals surface area (Å²) < 4.78 is 2.77. The van der Waals surface area contributed by atoms with Crippen molar-refractivity contribution in [2.75, 3.05) is 0 Å². The van der Waals surface area contributed by atoms with Crippen LogP contribution in [0.1, 0.15) is 27.3 Å². The van der Waals surface area contributed by atoms with Crippen molar-refractivity contribution < 1.29 is 9.90 Å². The summed E-state index contributed by atoms with van der Waals surface area (Å²) in [6, 6.07) is 5.43. The van der Waals surface area contributed by atoms with E-state index in [1.165, 1.54) is 0 Å². The monoisotopic (exact) mass is 341 g/mol. The first-order chi connectivity index (χ1) is 8.82. The van der Waals surface area contributed by atoms with Crippen LogP contribution in [0.5, 0.6) is 0 Å². The standard InChI is InChI=1S/C14H13BrClNO2/c1-7-4-11(15)13(6-12(7)16)17-8(2)5-10(9(17)3)14(18)19/h4-6H,1-3H3,(H,18,19). The van der Waals surface area contributed by atoms with E-state index in [-0.39, 0.29) is 0 Å². The fourth-order valence-electron chi connectivity index (χ4n) is 2.16. The molecule has 2 aromatic rings. The lowest BCUT2D eigenvalue weighted by Gasteiger charge is -2.13. The van der Waals surface area contributed by atoms with Crippen molar-refractivity contribution >= 4 is 33.5 Å². The van der Waals surface area contributed by atoms with E-state index in [1.807, 2.05) is 30.5 Å². The maximum absolute atomic E-state index is 11.2. The van der Waals surface area contributed by atoms with Gasteiger partial charge in [0, 0.05) is 20.9 Å². The summed E-state index contributed by atoms with van der Waals surface area (Å²) in [6.07, 6.45) is 0. The lowest BCUT2D eigenvalue weighted by atomic mass is 10.2. The number of aromatic carboxylic acids is 1. The van der Waals surface area contributed by atoms with E-state index in [0.717, 1.165) is 21.4 Å². The van der Waals surface area contributed by atoms with Crippen molar-refractivity contribution in [1.82, 2.24) is 4.57 Å². The van der Waals surface area contributed by atoms with Crippen molar-refractivity contribution in [3.63, 3.8) is 0 Å². The van der Waals surface area contributed by atoms with Gasteiger partial charge in [0.2, 0.25) is 0 Å². The van der Waals surface area contributed by atoms with E-state index in [9.17, 15) is 4.79 Å². The number of carbonyl (C=O) groups is 1. The van der Waals surface area contributed by atoms with Crippen LogP contribution >= 0.6 is 27.5 Å². The normalized spacial score (nSPS) is 10.8. The molecule has 1 N–H and O–H groups in total. The first-order valence-electron chi connectivity index (χ1n) is 5.71. The van der Waals surface area contributed by atoms with Crippen LogP contribution in [0, 0.1) is 20.8 Å². The minimum atomic E-state index is -0.923. The molecule has 1 aromatic carbocycles. The second-order valence-electron chi connectivity index (χ2n) is 4.48. The van der Waals surface area contributed by atoms with Gasteiger partial charge in [-0.3, -0.25) is 0 Å². The number of carboxylic acids is 1. The third kappa shape index (κ3) is 2.42. The van der Waals surface area contributed by atoms with E-state index in [4.69, 9.17) is 16.7 Å². The van der Waals surface area contributed by atoms with Crippen LogP contribution in [0.2, 0.25) is 5.02 Å². The molecule has 0 spiro atoms. The topological polar surface area (TPSA) is 42.2 Å². The Balaban J connectivity index is 2.73. The van der Waals surface area contributed by atoms with Gasteiger partial charge in [0.25, 0.3) is 0 Å². The van der Waals surface area contributed by atoms with E-state index < -0.39 is 5.97 Å². The van der Waals surface area contributed by atoms with Gasteiger partial charge in [0.15, 0.2) is 0 Å². The number of carboxylic acid groups (broad SMARTS) is 1. The third-order valence-electron chi connectivity index (χ3n) is 3.13. The Labute approximate surface area is 124 Å². The highest BCUT2D eigenvalue weighted by molar-refractivity contribution is 9.10. The third-order valence-corrected chi connectivity index (χ3v) is 4.17. The minimum Gasteiger partial charge on any atom is -0.478 e. The number of nitrogens with zero attached hydrogens (tertiary/aromatic N) is 1. The molecule has 0 amide bonds. The zero-order chi connectivity index (χ0) is 14.3. The van der Waals surface area contributed by atoms with Crippen molar-refractivity contribution in [2.24, 2.45) is 0 Å². The van der Waals surface area contributed by atoms with Gasteiger partial charge >= 0.3 is 5.97 Å². The molecule has 1 aromatic heterocycles. The number of hydrogen-bond acceptors (Lipinski definition) is 1. The summed E-state index contributed by atoms with van der Waals surface area (Å²) >= 11 is 9.66. The molecule has 0 saturated carbocycles. The molecule has 0 atom stereocenters. The minimum absolute atomic E-state index is 0.307. The average Bonchev–Trinajstić information content (AvgIpc) is 2.60. The molecule has 0 aliphatic rings. The van der Waals surface area contributed by atoms with Crippen LogP contribution in [0.25, 0.3) is 5.69 Å². The van der Waals surface area contributed by atoms with Gasteiger partial charge in [-0.15, -0.1) is 0 Å². The maximum Gasteiger partial charge on any atom is 0.337 e. The molecule has 100 valence electrons. The highest BCUT2D eigenvalue weighted by atomic mass is 79.9. The van der Waals surface area contributed by atoms with Gasteiger partial charge in [0.05, 0.1) is 11.3 Å². The summed E-state index contributed by atoms with van der Waals surface area (Å²) in [5.74, 6) is -0.923.